The smallest absolute Gasteiger partial charge is 0.260 e. The van der Waals surface area contributed by atoms with Crippen molar-refractivity contribution in [2.24, 2.45) is 5.92 Å². The number of hydrogen-bond donors (Lipinski definition) is 3. The third kappa shape index (κ3) is 9.75. The Morgan fingerprint density at radius 1 is 0.841 bits per heavy atom. The minimum Gasteiger partial charge on any atom is -0.484 e. The molecule has 5 heterocycles. The average molecular weight is 894 g/mol. The van der Waals surface area contributed by atoms with Crippen molar-refractivity contribution in [1.29, 1.82) is 0 Å². The lowest BCUT2D eigenvalue weighted by molar-refractivity contribution is -0.135. The zero-order valence-corrected chi connectivity index (χ0v) is 36.4. The zero-order valence-electron chi connectivity index (χ0n) is 34.8. The number of nitrogens with zero attached hydrogens (tertiary/aromatic N) is 7. The first-order valence-corrected chi connectivity index (χ1v) is 22.5. The van der Waals surface area contributed by atoms with Crippen LogP contribution in [0.15, 0.2) is 79.4 Å². The van der Waals surface area contributed by atoms with Gasteiger partial charge in [0.1, 0.15) is 12.1 Å². The van der Waals surface area contributed by atoms with Crippen molar-refractivity contribution in [1.82, 2.24) is 40.0 Å². The fourth-order valence-electron chi connectivity index (χ4n) is 9.12. The number of likely N-dealkylation sites (tertiary alicyclic amines) is 1. The second-order valence-electron chi connectivity index (χ2n) is 16.9. The molecule has 4 fully saturated rings. The van der Waals surface area contributed by atoms with Crippen molar-refractivity contribution in [3.05, 3.63) is 101 Å². The van der Waals surface area contributed by atoms with Crippen molar-refractivity contribution < 1.29 is 23.9 Å². The monoisotopic (exact) mass is 892 g/mol. The highest BCUT2D eigenvalue weighted by atomic mass is 35.5. The number of anilines is 3. The predicted molar refractivity (Wildman–Crippen MR) is 241 cm³/mol. The maximum absolute atomic E-state index is 13.0. The molecule has 5 aromatic rings. The lowest BCUT2D eigenvalue weighted by Gasteiger charge is -2.37. The van der Waals surface area contributed by atoms with Gasteiger partial charge in [0, 0.05) is 69.1 Å². The van der Waals surface area contributed by atoms with E-state index in [9.17, 15) is 19.2 Å². The van der Waals surface area contributed by atoms with Crippen molar-refractivity contribution >= 4 is 75.2 Å². The topological polar surface area (TPSA) is 167 Å². The van der Waals surface area contributed by atoms with Gasteiger partial charge in [0.25, 0.3) is 11.8 Å². The molecule has 3 aliphatic heterocycles. The molecule has 1 atom stereocenters. The third-order valence-electron chi connectivity index (χ3n) is 13.0. The van der Waals surface area contributed by atoms with Crippen LogP contribution >= 0.6 is 23.2 Å². The van der Waals surface area contributed by atoms with Crippen LogP contribution in [0, 0.1) is 5.92 Å². The molecule has 2 aromatic heterocycles. The fraction of sp³-hybridized carbons (Fsp3) is 0.413. The number of nitrogens with one attached hydrogen (secondary N) is 3. The Balaban J connectivity index is 0.677. The van der Waals surface area contributed by atoms with E-state index in [0.29, 0.717) is 51.5 Å². The van der Waals surface area contributed by atoms with E-state index < -0.39 is 0 Å². The lowest BCUT2D eigenvalue weighted by Crippen LogP contribution is -2.47. The van der Waals surface area contributed by atoms with Gasteiger partial charge >= 0.3 is 0 Å². The first-order valence-electron chi connectivity index (χ1n) is 21.8. The molecule has 1 aliphatic carbocycles. The highest BCUT2D eigenvalue weighted by molar-refractivity contribution is 6.39. The van der Waals surface area contributed by atoms with E-state index in [-0.39, 0.29) is 48.2 Å². The summed E-state index contributed by atoms with van der Waals surface area (Å²) < 4.78 is 7.85. The number of benzene rings is 3. The summed E-state index contributed by atoms with van der Waals surface area (Å²) in [5.41, 5.74) is 4.66. The quantitative estimate of drug-likeness (QED) is 0.113. The predicted octanol–water partition coefficient (Wildman–Crippen LogP) is 6.36. The van der Waals surface area contributed by atoms with Crippen LogP contribution in [0.1, 0.15) is 72.8 Å². The second-order valence-corrected chi connectivity index (χ2v) is 17.7. The van der Waals surface area contributed by atoms with Crippen LogP contribution in [0.5, 0.6) is 5.75 Å². The average Bonchev–Trinajstić information content (AvgIpc) is 3.71. The number of carbonyl (C=O) groups is 4. The summed E-state index contributed by atoms with van der Waals surface area (Å²) in [5, 5.41) is 9.54. The van der Waals surface area contributed by atoms with Crippen LogP contribution < -0.4 is 25.6 Å². The number of halogens is 2. The van der Waals surface area contributed by atoms with Gasteiger partial charge in [0.15, 0.2) is 23.6 Å². The number of imide groups is 1. The Bertz CT molecular complexity index is 2440. The Labute approximate surface area is 375 Å². The molecular formula is C46H50Cl2N10O5. The van der Waals surface area contributed by atoms with Gasteiger partial charge in [-0.1, -0.05) is 41.4 Å². The molecule has 3 aromatic carbocycles. The molecule has 17 heteroatoms. The van der Waals surface area contributed by atoms with E-state index >= 15 is 0 Å². The van der Waals surface area contributed by atoms with Gasteiger partial charge < -0.3 is 29.7 Å². The minimum atomic E-state index is -0.344. The van der Waals surface area contributed by atoms with E-state index in [0.717, 1.165) is 94.8 Å². The normalized spacial score (nSPS) is 20.9. The van der Waals surface area contributed by atoms with Gasteiger partial charge in [-0.25, -0.2) is 15.0 Å². The van der Waals surface area contributed by atoms with Crippen LogP contribution in [0.4, 0.5) is 17.2 Å². The molecule has 15 nitrogen and oxygen atoms in total. The largest absolute Gasteiger partial charge is 0.484 e. The van der Waals surface area contributed by atoms with Gasteiger partial charge in [-0.05, 0) is 105 Å². The second kappa shape index (κ2) is 18.9. The summed E-state index contributed by atoms with van der Waals surface area (Å²) in [6.45, 7) is 6.48. The fourth-order valence-corrected chi connectivity index (χ4v) is 9.69. The molecule has 63 heavy (non-hydrogen) atoms. The summed E-state index contributed by atoms with van der Waals surface area (Å²) in [6.07, 6.45) is 8.77. The number of rotatable bonds is 13. The molecule has 328 valence electrons. The number of piperazine rings is 1. The molecule has 0 unspecified atom stereocenters. The van der Waals surface area contributed by atoms with Crippen molar-refractivity contribution in [2.75, 3.05) is 62.6 Å². The Kier molecular flexibility index (Phi) is 12.8. The Morgan fingerprint density at radius 2 is 1.57 bits per heavy atom. The number of carbonyl (C=O) groups excluding carboxylic acids is 4. The molecule has 4 aliphatic rings. The van der Waals surface area contributed by atoms with Gasteiger partial charge in [-0.15, -0.1) is 0 Å². The van der Waals surface area contributed by atoms with E-state index in [1.807, 2.05) is 17.0 Å². The zero-order chi connectivity index (χ0) is 43.5. The Hall–Kier alpha value is -5.77. The van der Waals surface area contributed by atoms with Gasteiger partial charge in [0.05, 0.1) is 27.9 Å². The summed E-state index contributed by atoms with van der Waals surface area (Å²) in [6, 6.07) is 20.8. The van der Waals surface area contributed by atoms with Gasteiger partial charge in [-0.2, -0.15) is 0 Å². The number of aromatic nitrogens is 4. The lowest BCUT2D eigenvalue weighted by atomic mass is 9.86. The molecular weight excluding hydrogens is 843 g/mol. The number of hydrogen-bond acceptors (Lipinski definition) is 11. The number of amides is 4. The number of imidazole rings is 1. The first kappa shape index (κ1) is 42.5. The van der Waals surface area contributed by atoms with Crippen LogP contribution in [0.2, 0.25) is 10.0 Å². The highest BCUT2D eigenvalue weighted by Gasteiger charge is 2.34. The molecule has 9 rings (SSSR count). The summed E-state index contributed by atoms with van der Waals surface area (Å²) in [7, 11) is 0. The van der Waals surface area contributed by atoms with Crippen LogP contribution in [-0.2, 0) is 14.4 Å². The van der Waals surface area contributed by atoms with Crippen LogP contribution in [0.25, 0.3) is 11.2 Å². The standard InChI is InChI=1S/C46H50Cl2N10O5/c47-37-2-1-3-38(48)41(37)46(62)53-32-24-34(25-32)58-28-51-42-43(49-27-50-44(42)58)52-31-6-8-33(9-7-31)56-22-20-55(21-23-56)17-14-29-15-18-57(19-16-29)40(60)26-63-35-10-4-30(5-11-35)36-12-13-39(59)54-45(36)61/h1-11,27-29,32,34,36H,12-26H2,(H,53,62)(H,49,50,52)(H,54,59,61)/t32?,34?,36-/m0/s1. The van der Waals surface area contributed by atoms with E-state index in [2.05, 4.69) is 69.5 Å². The van der Waals surface area contributed by atoms with Crippen LogP contribution in [-0.4, -0.2) is 111 Å². The maximum atomic E-state index is 13.0. The van der Waals surface area contributed by atoms with Crippen LogP contribution in [0.3, 0.4) is 0 Å². The molecule has 4 amide bonds. The van der Waals surface area contributed by atoms with Gasteiger partial charge in [0.2, 0.25) is 11.8 Å². The SMILES string of the molecule is O=C1CC[C@@H](c2ccc(OCC(=O)N3CCC(CCN4CCN(c5ccc(Nc6ncnc7c6ncn7C6CC(NC(=O)c7c(Cl)cccc7Cl)C6)cc5)CC4)CC3)cc2)C(=O)N1. The number of ether oxygens (including phenoxy) is 1. The minimum absolute atomic E-state index is 0.00735. The van der Waals surface area contributed by atoms with Crippen molar-refractivity contribution in [3.63, 3.8) is 0 Å². The number of fused-ring (bicyclic) bond motifs is 1. The molecule has 3 N–H and O–H groups in total. The van der Waals surface area contributed by atoms with E-state index in [1.165, 1.54) is 5.69 Å². The Morgan fingerprint density at radius 3 is 2.29 bits per heavy atom. The first-order chi connectivity index (χ1) is 30.6. The molecule has 3 saturated heterocycles. The summed E-state index contributed by atoms with van der Waals surface area (Å²) >= 11 is 12.5. The highest BCUT2D eigenvalue weighted by Crippen LogP contribution is 2.36. The van der Waals surface area contributed by atoms with Crippen molar-refractivity contribution in [3.8, 4) is 5.75 Å². The maximum Gasteiger partial charge on any atom is 0.260 e. The molecule has 0 radical (unpaired) electrons. The van der Waals surface area contributed by atoms with E-state index in [1.54, 1.807) is 43.0 Å². The molecule has 1 saturated carbocycles. The molecule has 0 spiro atoms. The molecule has 0 bridgehead atoms. The van der Waals surface area contributed by atoms with Gasteiger partial charge in [-0.3, -0.25) is 29.4 Å². The van der Waals surface area contributed by atoms with E-state index in [4.69, 9.17) is 27.9 Å². The summed E-state index contributed by atoms with van der Waals surface area (Å²) in [4.78, 5) is 70.1. The van der Waals surface area contributed by atoms with Crippen molar-refractivity contribution in [2.45, 2.75) is 62.9 Å². The summed E-state index contributed by atoms with van der Waals surface area (Å²) in [5.74, 6) is 0.697. The third-order valence-corrected chi connectivity index (χ3v) is 13.6. The number of piperidine rings is 2.